The zero-order valence-corrected chi connectivity index (χ0v) is 15.6. The highest BCUT2D eigenvalue weighted by Crippen LogP contribution is 2.21. The number of ether oxygens (including phenoxy) is 2. The maximum atomic E-state index is 12.3. The molecular weight excluding hydrogens is 326 g/mol. The number of methoxy groups -OCH3 is 1. The normalized spacial score (nSPS) is 17.7. The molecule has 1 aliphatic rings. The van der Waals surface area contributed by atoms with Crippen molar-refractivity contribution in [2.45, 2.75) is 45.4 Å². The molecule has 1 aliphatic heterocycles. The lowest BCUT2D eigenvalue weighted by Crippen LogP contribution is -2.37. The predicted molar refractivity (Wildman–Crippen MR) is 102 cm³/mol. The molecule has 26 heavy (non-hydrogen) atoms. The number of carbonyl (C=O) groups is 1. The number of nitrogens with zero attached hydrogens (tertiary/aromatic N) is 1. The number of esters is 1. The molecule has 138 valence electrons. The summed E-state index contributed by atoms with van der Waals surface area (Å²) in [7, 11) is 1.60. The van der Waals surface area contributed by atoms with Gasteiger partial charge in [-0.1, -0.05) is 30.7 Å². The van der Waals surface area contributed by atoms with E-state index in [1.165, 1.54) is 24.8 Å². The van der Waals surface area contributed by atoms with E-state index in [9.17, 15) is 4.79 Å². The lowest BCUT2D eigenvalue weighted by molar-refractivity contribution is 0.0470. The van der Waals surface area contributed by atoms with Gasteiger partial charge in [0.05, 0.1) is 12.7 Å². The van der Waals surface area contributed by atoms with Gasteiger partial charge in [-0.25, -0.2) is 4.79 Å². The van der Waals surface area contributed by atoms with Crippen LogP contribution in [-0.2, 0) is 17.9 Å². The van der Waals surface area contributed by atoms with Crippen LogP contribution in [0.2, 0.25) is 0 Å². The third-order valence-electron chi connectivity index (χ3n) is 5.12. The Labute approximate surface area is 155 Å². The smallest absolute Gasteiger partial charge is 0.338 e. The maximum absolute atomic E-state index is 12.3. The van der Waals surface area contributed by atoms with Crippen molar-refractivity contribution in [2.75, 3.05) is 13.7 Å². The Morgan fingerprint density at radius 3 is 2.50 bits per heavy atom. The number of rotatable bonds is 6. The second kappa shape index (κ2) is 8.86. The molecule has 0 aliphatic carbocycles. The van der Waals surface area contributed by atoms with Gasteiger partial charge in [-0.15, -0.1) is 0 Å². The third kappa shape index (κ3) is 4.64. The van der Waals surface area contributed by atoms with E-state index in [1.54, 1.807) is 31.4 Å². The molecule has 1 fully saturated rings. The van der Waals surface area contributed by atoms with Crippen molar-refractivity contribution in [2.24, 2.45) is 0 Å². The molecule has 0 bridgehead atoms. The van der Waals surface area contributed by atoms with E-state index in [-0.39, 0.29) is 5.97 Å². The van der Waals surface area contributed by atoms with E-state index in [4.69, 9.17) is 9.47 Å². The van der Waals surface area contributed by atoms with Gasteiger partial charge in [0, 0.05) is 12.6 Å². The molecule has 1 heterocycles. The molecule has 1 atom stereocenters. The van der Waals surface area contributed by atoms with E-state index < -0.39 is 0 Å². The molecule has 2 aromatic carbocycles. The Morgan fingerprint density at radius 2 is 1.81 bits per heavy atom. The quantitative estimate of drug-likeness (QED) is 0.720. The lowest BCUT2D eigenvalue weighted by Gasteiger charge is -2.33. The first kappa shape index (κ1) is 18.5. The van der Waals surface area contributed by atoms with Gasteiger partial charge in [0.1, 0.15) is 12.4 Å². The fourth-order valence-corrected chi connectivity index (χ4v) is 3.42. The van der Waals surface area contributed by atoms with Crippen molar-refractivity contribution in [3.8, 4) is 5.75 Å². The first-order chi connectivity index (χ1) is 12.7. The van der Waals surface area contributed by atoms with Crippen LogP contribution < -0.4 is 4.74 Å². The number of hydrogen-bond donors (Lipinski definition) is 0. The third-order valence-corrected chi connectivity index (χ3v) is 5.12. The summed E-state index contributed by atoms with van der Waals surface area (Å²) in [6, 6.07) is 15.8. The minimum atomic E-state index is -0.311. The number of hydrogen-bond acceptors (Lipinski definition) is 4. The monoisotopic (exact) mass is 353 g/mol. The molecule has 0 aromatic heterocycles. The lowest BCUT2D eigenvalue weighted by atomic mass is 10.0. The van der Waals surface area contributed by atoms with Gasteiger partial charge >= 0.3 is 5.97 Å². The minimum Gasteiger partial charge on any atom is -0.497 e. The van der Waals surface area contributed by atoms with Crippen LogP contribution in [-0.4, -0.2) is 30.6 Å². The van der Waals surface area contributed by atoms with Crippen LogP contribution in [0.1, 0.15) is 47.7 Å². The Balaban J connectivity index is 1.63. The van der Waals surface area contributed by atoms with Crippen LogP contribution in [0.4, 0.5) is 0 Å². The fourth-order valence-electron chi connectivity index (χ4n) is 3.42. The van der Waals surface area contributed by atoms with Crippen molar-refractivity contribution in [3.63, 3.8) is 0 Å². The van der Waals surface area contributed by atoms with Crippen LogP contribution in [0.5, 0.6) is 5.75 Å². The van der Waals surface area contributed by atoms with Gasteiger partial charge in [0.15, 0.2) is 0 Å². The van der Waals surface area contributed by atoms with Crippen molar-refractivity contribution in [1.29, 1.82) is 0 Å². The number of carbonyl (C=O) groups excluding carboxylic acids is 1. The van der Waals surface area contributed by atoms with Crippen LogP contribution in [0.25, 0.3) is 0 Å². The standard InChI is InChI=1S/C22H27NO3/c1-17-7-5-6-14-23(17)15-19-8-3-4-9-20(19)16-26-22(24)18-10-12-21(25-2)13-11-18/h3-4,8-13,17H,5-7,14-16H2,1-2H3. The molecule has 0 amide bonds. The Hall–Kier alpha value is -2.33. The summed E-state index contributed by atoms with van der Waals surface area (Å²) in [6.45, 7) is 4.65. The summed E-state index contributed by atoms with van der Waals surface area (Å²) in [5.74, 6) is 0.413. The molecule has 1 saturated heterocycles. The average molecular weight is 353 g/mol. The molecule has 0 spiro atoms. The van der Waals surface area contributed by atoms with E-state index >= 15 is 0 Å². The van der Waals surface area contributed by atoms with Gasteiger partial charge in [0.25, 0.3) is 0 Å². The second-order valence-electron chi connectivity index (χ2n) is 6.89. The SMILES string of the molecule is COc1ccc(C(=O)OCc2ccccc2CN2CCCCC2C)cc1. The van der Waals surface area contributed by atoms with E-state index in [0.717, 1.165) is 24.4 Å². The summed E-state index contributed by atoms with van der Waals surface area (Å²) in [4.78, 5) is 14.8. The topological polar surface area (TPSA) is 38.8 Å². The van der Waals surface area contributed by atoms with Gasteiger partial charge in [-0.05, 0) is 61.7 Å². The Morgan fingerprint density at radius 1 is 1.08 bits per heavy atom. The van der Waals surface area contributed by atoms with Gasteiger partial charge in [-0.2, -0.15) is 0 Å². The Bertz CT molecular complexity index is 726. The van der Waals surface area contributed by atoms with Crippen molar-refractivity contribution < 1.29 is 14.3 Å². The number of likely N-dealkylation sites (tertiary alicyclic amines) is 1. The largest absolute Gasteiger partial charge is 0.497 e. The minimum absolute atomic E-state index is 0.295. The Kier molecular flexibility index (Phi) is 6.29. The van der Waals surface area contributed by atoms with Gasteiger partial charge in [0.2, 0.25) is 0 Å². The zero-order chi connectivity index (χ0) is 18.4. The molecule has 0 N–H and O–H groups in total. The molecule has 2 aromatic rings. The molecule has 4 heteroatoms. The van der Waals surface area contributed by atoms with Crippen LogP contribution in [0.3, 0.4) is 0 Å². The van der Waals surface area contributed by atoms with Crippen LogP contribution in [0.15, 0.2) is 48.5 Å². The van der Waals surface area contributed by atoms with E-state index in [0.29, 0.717) is 18.2 Å². The highest BCUT2D eigenvalue weighted by molar-refractivity contribution is 5.89. The molecule has 1 unspecified atom stereocenters. The molecule has 0 radical (unpaired) electrons. The summed E-state index contributed by atoms with van der Waals surface area (Å²) >= 11 is 0. The number of piperidine rings is 1. The summed E-state index contributed by atoms with van der Waals surface area (Å²) in [5, 5.41) is 0. The van der Waals surface area contributed by atoms with Crippen molar-refractivity contribution in [3.05, 3.63) is 65.2 Å². The second-order valence-corrected chi connectivity index (χ2v) is 6.89. The molecule has 3 rings (SSSR count). The van der Waals surface area contributed by atoms with Crippen LogP contribution in [0, 0.1) is 0 Å². The fraction of sp³-hybridized carbons (Fsp3) is 0.409. The molecule has 4 nitrogen and oxygen atoms in total. The predicted octanol–water partition coefficient (Wildman–Crippen LogP) is 4.43. The highest BCUT2D eigenvalue weighted by atomic mass is 16.5. The maximum Gasteiger partial charge on any atom is 0.338 e. The van der Waals surface area contributed by atoms with E-state index in [1.807, 2.05) is 12.1 Å². The highest BCUT2D eigenvalue weighted by Gasteiger charge is 2.19. The first-order valence-corrected chi connectivity index (χ1v) is 9.29. The molecular formula is C22H27NO3. The zero-order valence-electron chi connectivity index (χ0n) is 15.6. The van der Waals surface area contributed by atoms with Gasteiger partial charge in [-0.3, -0.25) is 4.90 Å². The van der Waals surface area contributed by atoms with Crippen molar-refractivity contribution in [1.82, 2.24) is 4.90 Å². The first-order valence-electron chi connectivity index (χ1n) is 9.29. The van der Waals surface area contributed by atoms with Gasteiger partial charge < -0.3 is 9.47 Å². The summed E-state index contributed by atoms with van der Waals surface area (Å²) in [6.07, 6.45) is 3.84. The molecule has 0 saturated carbocycles. The van der Waals surface area contributed by atoms with Crippen LogP contribution >= 0.6 is 0 Å². The summed E-state index contributed by atoms with van der Waals surface area (Å²) in [5.41, 5.74) is 2.85. The van der Waals surface area contributed by atoms with E-state index in [2.05, 4.69) is 24.0 Å². The van der Waals surface area contributed by atoms with Crippen molar-refractivity contribution >= 4 is 5.97 Å². The summed E-state index contributed by atoms with van der Waals surface area (Å²) < 4.78 is 10.7. The number of benzene rings is 2. The average Bonchev–Trinajstić information content (AvgIpc) is 2.69.